The fourth-order valence-electron chi connectivity index (χ4n) is 2.54. The number of nitrogens with one attached hydrogen (secondary N) is 2. The molecule has 0 saturated heterocycles. The van der Waals surface area contributed by atoms with Crippen molar-refractivity contribution in [2.45, 2.75) is 12.8 Å². The smallest absolute Gasteiger partial charge is 0.232 e. The molecule has 0 aliphatic heterocycles. The lowest BCUT2D eigenvalue weighted by Crippen LogP contribution is -2.17. The lowest BCUT2D eigenvalue weighted by molar-refractivity contribution is 0.596. The third-order valence-corrected chi connectivity index (χ3v) is 5.06. The van der Waals surface area contributed by atoms with Crippen molar-refractivity contribution in [3.8, 4) is 17.2 Å². The van der Waals surface area contributed by atoms with Crippen molar-refractivity contribution in [2.24, 2.45) is 0 Å². The summed E-state index contributed by atoms with van der Waals surface area (Å²) in [7, 11) is -3.69. The number of nitriles is 1. The average Bonchev–Trinajstić information content (AvgIpc) is 3.05. The SMILES string of the molecule is N#CCCCS(=O)(=O)Nc1ccc(-c2ccnc3[nH]ccc23)cc1F. The van der Waals surface area contributed by atoms with Gasteiger partial charge in [-0.05, 0) is 41.8 Å². The van der Waals surface area contributed by atoms with Crippen LogP contribution in [-0.2, 0) is 10.0 Å². The van der Waals surface area contributed by atoms with E-state index in [1.807, 2.05) is 12.1 Å². The number of rotatable bonds is 6. The summed E-state index contributed by atoms with van der Waals surface area (Å²) in [4.78, 5) is 7.18. The van der Waals surface area contributed by atoms with Gasteiger partial charge in [0.25, 0.3) is 0 Å². The molecule has 8 heteroatoms. The van der Waals surface area contributed by atoms with Crippen LogP contribution in [0.25, 0.3) is 22.2 Å². The van der Waals surface area contributed by atoms with Crippen LogP contribution >= 0.6 is 0 Å². The number of H-pyrrole nitrogens is 1. The maximum absolute atomic E-state index is 14.4. The molecule has 3 rings (SSSR count). The van der Waals surface area contributed by atoms with Crippen molar-refractivity contribution >= 4 is 26.7 Å². The molecule has 1 aromatic carbocycles. The predicted octanol–water partition coefficient (Wildman–Crippen LogP) is 3.41. The Labute approximate surface area is 144 Å². The van der Waals surface area contributed by atoms with E-state index >= 15 is 0 Å². The summed E-state index contributed by atoms with van der Waals surface area (Å²) >= 11 is 0. The normalized spacial score (nSPS) is 11.4. The molecule has 0 amide bonds. The molecule has 0 radical (unpaired) electrons. The van der Waals surface area contributed by atoms with Gasteiger partial charge in [-0.15, -0.1) is 0 Å². The summed E-state index contributed by atoms with van der Waals surface area (Å²) in [6, 6.07) is 9.83. The number of aromatic nitrogens is 2. The van der Waals surface area contributed by atoms with Crippen LogP contribution < -0.4 is 4.72 Å². The summed E-state index contributed by atoms with van der Waals surface area (Å²) < 4.78 is 40.4. The molecular formula is C17H15FN4O2S. The Balaban J connectivity index is 1.87. The first-order valence-electron chi connectivity index (χ1n) is 7.59. The van der Waals surface area contributed by atoms with Crippen molar-refractivity contribution < 1.29 is 12.8 Å². The molecule has 0 bridgehead atoms. The largest absolute Gasteiger partial charge is 0.346 e. The summed E-state index contributed by atoms with van der Waals surface area (Å²) in [6.07, 6.45) is 3.71. The van der Waals surface area contributed by atoms with Crippen LogP contribution in [0, 0.1) is 17.1 Å². The van der Waals surface area contributed by atoms with Gasteiger partial charge in [-0.25, -0.2) is 17.8 Å². The molecule has 6 nitrogen and oxygen atoms in total. The van der Waals surface area contributed by atoms with E-state index in [1.54, 1.807) is 24.5 Å². The van der Waals surface area contributed by atoms with E-state index in [0.717, 1.165) is 10.9 Å². The molecule has 2 aromatic heterocycles. The monoisotopic (exact) mass is 358 g/mol. The number of nitrogens with zero attached hydrogens (tertiary/aromatic N) is 2. The minimum absolute atomic E-state index is 0.111. The van der Waals surface area contributed by atoms with E-state index in [9.17, 15) is 12.8 Å². The van der Waals surface area contributed by atoms with Gasteiger partial charge in [-0.1, -0.05) is 6.07 Å². The van der Waals surface area contributed by atoms with Gasteiger partial charge in [0.1, 0.15) is 11.5 Å². The zero-order valence-electron chi connectivity index (χ0n) is 13.2. The lowest BCUT2D eigenvalue weighted by atomic mass is 10.0. The summed E-state index contributed by atoms with van der Waals surface area (Å²) in [5.41, 5.74) is 2.01. The fraction of sp³-hybridized carbons (Fsp3) is 0.176. The number of aromatic amines is 1. The van der Waals surface area contributed by atoms with E-state index in [4.69, 9.17) is 5.26 Å². The van der Waals surface area contributed by atoms with E-state index in [-0.39, 0.29) is 24.3 Å². The van der Waals surface area contributed by atoms with Crippen LogP contribution in [0.1, 0.15) is 12.8 Å². The number of unbranched alkanes of at least 4 members (excludes halogenated alkanes) is 1. The van der Waals surface area contributed by atoms with Gasteiger partial charge in [0.05, 0.1) is 17.5 Å². The summed E-state index contributed by atoms with van der Waals surface area (Å²) in [6.45, 7) is 0. The van der Waals surface area contributed by atoms with Gasteiger partial charge < -0.3 is 4.98 Å². The molecule has 128 valence electrons. The Bertz CT molecular complexity index is 1050. The van der Waals surface area contributed by atoms with Crippen molar-refractivity contribution in [3.63, 3.8) is 0 Å². The quantitative estimate of drug-likeness (QED) is 0.660. The number of hydrogen-bond acceptors (Lipinski definition) is 4. The van der Waals surface area contributed by atoms with Crippen LogP contribution in [-0.4, -0.2) is 24.1 Å². The molecule has 0 unspecified atom stereocenters. The zero-order valence-corrected chi connectivity index (χ0v) is 14.0. The van der Waals surface area contributed by atoms with Crippen molar-refractivity contribution in [3.05, 3.63) is 48.5 Å². The highest BCUT2D eigenvalue weighted by molar-refractivity contribution is 7.92. The average molecular weight is 358 g/mol. The minimum Gasteiger partial charge on any atom is -0.346 e. The molecule has 0 atom stereocenters. The first-order valence-corrected chi connectivity index (χ1v) is 9.25. The standard InChI is InChI=1S/C17H15FN4O2S/c18-15-11-12(13-5-8-20-17-14(13)6-9-21-17)3-4-16(15)22-25(23,24)10-2-1-7-19/h3-6,8-9,11,22H,1-2,10H2,(H,20,21). The Kier molecular flexibility index (Phi) is 4.67. The van der Waals surface area contributed by atoms with Crippen LogP contribution in [0.3, 0.4) is 0 Å². The molecule has 2 heterocycles. The van der Waals surface area contributed by atoms with Gasteiger partial charge >= 0.3 is 0 Å². The molecule has 0 spiro atoms. The molecule has 0 saturated carbocycles. The predicted molar refractivity (Wildman–Crippen MR) is 93.7 cm³/mol. The summed E-state index contributed by atoms with van der Waals surface area (Å²) in [5.74, 6) is -0.891. The topological polar surface area (TPSA) is 98.6 Å². The van der Waals surface area contributed by atoms with Crippen LogP contribution in [0.15, 0.2) is 42.7 Å². The Hall–Kier alpha value is -2.92. The molecule has 0 aliphatic rings. The Morgan fingerprint density at radius 3 is 2.88 bits per heavy atom. The third-order valence-electron chi connectivity index (χ3n) is 3.71. The number of benzene rings is 1. The van der Waals surface area contributed by atoms with E-state index in [0.29, 0.717) is 11.2 Å². The van der Waals surface area contributed by atoms with Crippen LogP contribution in [0.4, 0.5) is 10.1 Å². The van der Waals surface area contributed by atoms with Gasteiger partial charge in [0.2, 0.25) is 10.0 Å². The van der Waals surface area contributed by atoms with Crippen LogP contribution in [0.2, 0.25) is 0 Å². The number of sulfonamides is 1. The Morgan fingerprint density at radius 2 is 2.12 bits per heavy atom. The highest BCUT2D eigenvalue weighted by Gasteiger charge is 2.14. The maximum Gasteiger partial charge on any atom is 0.232 e. The van der Waals surface area contributed by atoms with Gasteiger partial charge in [0.15, 0.2) is 0 Å². The maximum atomic E-state index is 14.4. The minimum atomic E-state index is -3.69. The van der Waals surface area contributed by atoms with Gasteiger partial charge in [-0.3, -0.25) is 4.72 Å². The zero-order chi connectivity index (χ0) is 17.9. The van der Waals surface area contributed by atoms with Gasteiger partial charge in [-0.2, -0.15) is 5.26 Å². The van der Waals surface area contributed by atoms with Crippen molar-refractivity contribution in [1.82, 2.24) is 9.97 Å². The van der Waals surface area contributed by atoms with Crippen molar-refractivity contribution in [2.75, 3.05) is 10.5 Å². The second-order valence-electron chi connectivity index (χ2n) is 5.48. The lowest BCUT2D eigenvalue weighted by Gasteiger charge is -2.10. The number of fused-ring (bicyclic) bond motifs is 1. The molecule has 2 N–H and O–H groups in total. The van der Waals surface area contributed by atoms with E-state index in [1.165, 1.54) is 12.1 Å². The number of hydrogen-bond donors (Lipinski definition) is 2. The molecular weight excluding hydrogens is 343 g/mol. The molecule has 0 fully saturated rings. The first kappa shape index (κ1) is 16.9. The number of pyridine rings is 1. The van der Waals surface area contributed by atoms with E-state index < -0.39 is 15.8 Å². The number of anilines is 1. The fourth-order valence-corrected chi connectivity index (χ4v) is 3.66. The molecule has 3 aromatic rings. The number of halogens is 1. The second kappa shape index (κ2) is 6.91. The molecule has 0 aliphatic carbocycles. The Morgan fingerprint density at radius 1 is 1.28 bits per heavy atom. The van der Waals surface area contributed by atoms with Crippen molar-refractivity contribution in [1.29, 1.82) is 5.26 Å². The third kappa shape index (κ3) is 3.78. The van der Waals surface area contributed by atoms with E-state index in [2.05, 4.69) is 14.7 Å². The summed E-state index contributed by atoms with van der Waals surface area (Å²) in [5, 5.41) is 9.32. The highest BCUT2D eigenvalue weighted by Crippen LogP contribution is 2.29. The van der Waals surface area contributed by atoms with Crippen LogP contribution in [0.5, 0.6) is 0 Å². The first-order chi connectivity index (χ1) is 12.0. The second-order valence-corrected chi connectivity index (χ2v) is 7.32. The molecule has 25 heavy (non-hydrogen) atoms. The van der Waals surface area contributed by atoms with Gasteiger partial charge in [0, 0.05) is 24.2 Å². The highest BCUT2D eigenvalue weighted by atomic mass is 32.2.